The molecule has 1 aliphatic heterocycles. The highest BCUT2D eigenvalue weighted by Crippen LogP contribution is 2.32. The van der Waals surface area contributed by atoms with Crippen molar-refractivity contribution in [1.29, 1.82) is 0 Å². The van der Waals surface area contributed by atoms with Gasteiger partial charge in [0, 0.05) is 31.6 Å². The molecule has 1 aliphatic rings. The van der Waals surface area contributed by atoms with Crippen LogP contribution < -0.4 is 4.90 Å². The number of amides is 1. The summed E-state index contributed by atoms with van der Waals surface area (Å²) in [7, 11) is 0. The van der Waals surface area contributed by atoms with Crippen LogP contribution in [0.5, 0.6) is 0 Å². The van der Waals surface area contributed by atoms with E-state index in [9.17, 15) is 14.9 Å². The van der Waals surface area contributed by atoms with E-state index in [-0.39, 0.29) is 35.6 Å². The normalized spacial score (nSPS) is 19.3. The zero-order chi connectivity index (χ0) is 13.3. The molecule has 1 aromatic carbocycles. The van der Waals surface area contributed by atoms with Gasteiger partial charge in [0.05, 0.1) is 10.6 Å². The number of nitrogens with zero attached hydrogens (tertiary/aromatic N) is 2. The van der Waals surface area contributed by atoms with Gasteiger partial charge in [-0.25, -0.2) is 0 Å². The van der Waals surface area contributed by atoms with Crippen LogP contribution in [0.2, 0.25) is 5.02 Å². The van der Waals surface area contributed by atoms with E-state index in [1.54, 1.807) is 6.07 Å². The van der Waals surface area contributed by atoms with Gasteiger partial charge in [-0.1, -0.05) is 11.6 Å². The Hall–Kier alpha value is -1.66. The average molecular weight is 271 g/mol. The van der Waals surface area contributed by atoms with E-state index in [1.807, 2.05) is 0 Å². The fourth-order valence-electron chi connectivity index (χ4n) is 1.96. The van der Waals surface area contributed by atoms with Crippen LogP contribution in [-0.4, -0.2) is 29.1 Å². The van der Waals surface area contributed by atoms with Crippen LogP contribution in [-0.2, 0) is 4.79 Å². The summed E-state index contributed by atoms with van der Waals surface area (Å²) in [5.74, 6) is -0.266. The molecule has 6 nitrogen and oxygen atoms in total. The van der Waals surface area contributed by atoms with Crippen molar-refractivity contribution in [1.82, 2.24) is 0 Å². The molecule has 1 aromatic rings. The highest BCUT2D eigenvalue weighted by atomic mass is 35.5. The van der Waals surface area contributed by atoms with Crippen molar-refractivity contribution in [2.24, 2.45) is 5.92 Å². The van der Waals surface area contributed by atoms with Crippen molar-refractivity contribution in [2.75, 3.05) is 18.1 Å². The quantitative estimate of drug-likeness (QED) is 0.668. The Morgan fingerprint density at radius 1 is 1.56 bits per heavy atom. The van der Waals surface area contributed by atoms with Crippen LogP contribution in [0.4, 0.5) is 11.4 Å². The molecule has 18 heavy (non-hydrogen) atoms. The molecule has 96 valence electrons. The van der Waals surface area contributed by atoms with Crippen LogP contribution in [0, 0.1) is 16.0 Å². The zero-order valence-electron chi connectivity index (χ0n) is 9.38. The summed E-state index contributed by atoms with van der Waals surface area (Å²) in [6.07, 6.45) is 0.257. The number of rotatable bonds is 3. The molecule has 1 amide bonds. The summed E-state index contributed by atoms with van der Waals surface area (Å²) in [6, 6.07) is 4.24. The Morgan fingerprint density at radius 2 is 2.28 bits per heavy atom. The minimum Gasteiger partial charge on any atom is -0.396 e. The molecule has 1 saturated heterocycles. The molecule has 0 radical (unpaired) electrons. The molecule has 7 heteroatoms. The Morgan fingerprint density at radius 3 is 2.83 bits per heavy atom. The molecule has 0 spiro atoms. The van der Waals surface area contributed by atoms with Gasteiger partial charge in [-0.15, -0.1) is 0 Å². The van der Waals surface area contributed by atoms with Gasteiger partial charge in [-0.05, 0) is 12.1 Å². The molecule has 1 heterocycles. The highest BCUT2D eigenvalue weighted by Gasteiger charge is 2.31. The number of anilines is 1. The zero-order valence-corrected chi connectivity index (χ0v) is 10.1. The van der Waals surface area contributed by atoms with Crippen LogP contribution in [0.25, 0.3) is 0 Å². The van der Waals surface area contributed by atoms with Gasteiger partial charge in [0.1, 0.15) is 5.02 Å². The maximum absolute atomic E-state index is 11.7. The number of benzene rings is 1. The van der Waals surface area contributed by atoms with Crippen molar-refractivity contribution >= 4 is 28.9 Å². The predicted octanol–water partition coefficient (Wildman–Crippen LogP) is 1.59. The maximum Gasteiger partial charge on any atom is 0.289 e. The average Bonchev–Trinajstić information content (AvgIpc) is 2.71. The van der Waals surface area contributed by atoms with Gasteiger partial charge in [-0.2, -0.15) is 0 Å². The number of carbonyl (C=O) groups excluding carboxylic acids is 1. The number of carbonyl (C=O) groups is 1. The lowest BCUT2D eigenvalue weighted by Gasteiger charge is -2.16. The van der Waals surface area contributed by atoms with Crippen molar-refractivity contribution in [3.05, 3.63) is 33.3 Å². The van der Waals surface area contributed by atoms with Crippen LogP contribution in [0.15, 0.2) is 18.2 Å². The first kappa shape index (κ1) is 12.8. The van der Waals surface area contributed by atoms with Gasteiger partial charge >= 0.3 is 0 Å². The summed E-state index contributed by atoms with van der Waals surface area (Å²) in [4.78, 5) is 23.3. The van der Waals surface area contributed by atoms with Crippen molar-refractivity contribution in [2.45, 2.75) is 6.42 Å². The number of aliphatic hydroxyl groups is 1. The summed E-state index contributed by atoms with van der Waals surface area (Å²) >= 11 is 5.71. The third-order valence-electron chi connectivity index (χ3n) is 2.90. The summed E-state index contributed by atoms with van der Waals surface area (Å²) in [6.45, 7) is 0.298. The molecule has 1 unspecified atom stereocenters. The first-order valence-electron chi connectivity index (χ1n) is 5.38. The van der Waals surface area contributed by atoms with Crippen LogP contribution >= 0.6 is 11.6 Å². The number of hydrogen-bond acceptors (Lipinski definition) is 4. The molecule has 1 atom stereocenters. The fraction of sp³-hybridized carbons (Fsp3) is 0.364. The van der Waals surface area contributed by atoms with E-state index in [1.165, 1.54) is 17.0 Å². The highest BCUT2D eigenvalue weighted by molar-refractivity contribution is 6.32. The monoisotopic (exact) mass is 270 g/mol. The molecule has 0 aliphatic carbocycles. The smallest absolute Gasteiger partial charge is 0.289 e. The number of halogens is 1. The van der Waals surface area contributed by atoms with E-state index in [4.69, 9.17) is 16.7 Å². The van der Waals surface area contributed by atoms with E-state index < -0.39 is 4.92 Å². The fourth-order valence-corrected chi connectivity index (χ4v) is 2.15. The van der Waals surface area contributed by atoms with E-state index in [0.717, 1.165) is 0 Å². The number of nitro groups is 1. The van der Waals surface area contributed by atoms with Gasteiger partial charge < -0.3 is 10.0 Å². The van der Waals surface area contributed by atoms with Gasteiger partial charge in [0.15, 0.2) is 0 Å². The topological polar surface area (TPSA) is 83.7 Å². The molecule has 1 N–H and O–H groups in total. The Kier molecular flexibility index (Phi) is 3.49. The number of aliphatic hydroxyl groups excluding tert-OH is 1. The molecule has 0 bridgehead atoms. The number of hydrogen-bond donors (Lipinski definition) is 1. The summed E-state index contributed by atoms with van der Waals surface area (Å²) in [5.41, 5.74) is 0.210. The molecule has 1 fully saturated rings. The largest absolute Gasteiger partial charge is 0.396 e. The molecule has 0 saturated carbocycles. The van der Waals surface area contributed by atoms with Gasteiger partial charge in [0.25, 0.3) is 5.69 Å². The first-order chi connectivity index (χ1) is 8.52. The van der Waals surface area contributed by atoms with Crippen LogP contribution in [0.3, 0.4) is 0 Å². The minimum atomic E-state index is -0.587. The van der Waals surface area contributed by atoms with Gasteiger partial charge in [-0.3, -0.25) is 14.9 Å². The second-order valence-corrected chi connectivity index (χ2v) is 4.56. The minimum absolute atomic E-state index is 0.0362. The predicted molar refractivity (Wildman–Crippen MR) is 65.7 cm³/mol. The lowest BCUT2D eigenvalue weighted by molar-refractivity contribution is -0.384. The molecular weight excluding hydrogens is 260 g/mol. The first-order valence-corrected chi connectivity index (χ1v) is 5.76. The van der Waals surface area contributed by atoms with E-state index in [0.29, 0.717) is 12.2 Å². The maximum atomic E-state index is 11.7. The molecule has 2 rings (SSSR count). The second kappa shape index (κ2) is 4.91. The summed E-state index contributed by atoms with van der Waals surface area (Å²) in [5, 5.41) is 19.8. The molecule has 0 aromatic heterocycles. The standard InChI is InChI=1S/C11H11ClN2O4/c12-9-2-1-8(4-10(9)14(17)18)13-5-7(6-15)3-11(13)16/h1-2,4,7,15H,3,5-6H2. The third-order valence-corrected chi connectivity index (χ3v) is 3.22. The number of nitro benzene ring substituents is 1. The Bertz CT molecular complexity index is 506. The second-order valence-electron chi connectivity index (χ2n) is 4.15. The SMILES string of the molecule is O=C1CC(CO)CN1c1ccc(Cl)c([N+](=O)[O-])c1. The van der Waals surface area contributed by atoms with E-state index >= 15 is 0 Å². The summed E-state index contributed by atoms with van der Waals surface area (Å²) < 4.78 is 0. The van der Waals surface area contributed by atoms with Crippen molar-refractivity contribution in [3.8, 4) is 0 Å². The van der Waals surface area contributed by atoms with Crippen LogP contribution in [0.1, 0.15) is 6.42 Å². The van der Waals surface area contributed by atoms with Crippen molar-refractivity contribution in [3.63, 3.8) is 0 Å². The lowest BCUT2D eigenvalue weighted by atomic mass is 10.1. The Labute approximate surface area is 108 Å². The molecular formula is C11H11ClN2O4. The lowest BCUT2D eigenvalue weighted by Crippen LogP contribution is -2.24. The van der Waals surface area contributed by atoms with Gasteiger partial charge in [0.2, 0.25) is 5.91 Å². The van der Waals surface area contributed by atoms with E-state index in [2.05, 4.69) is 0 Å². The third kappa shape index (κ3) is 2.30. The Balaban J connectivity index is 2.32. The van der Waals surface area contributed by atoms with Crippen molar-refractivity contribution < 1.29 is 14.8 Å².